The van der Waals surface area contributed by atoms with Gasteiger partial charge >= 0.3 is 0 Å². The topological polar surface area (TPSA) is 47.6 Å². The normalized spacial score (nSPS) is 22.8. The summed E-state index contributed by atoms with van der Waals surface area (Å²) in [5, 5.41) is 2.90. The van der Waals surface area contributed by atoms with Gasteiger partial charge in [0.25, 0.3) is 0 Å². The van der Waals surface area contributed by atoms with Gasteiger partial charge in [0.1, 0.15) is 5.75 Å². The van der Waals surface area contributed by atoms with Crippen LogP contribution in [0.25, 0.3) is 0 Å². The van der Waals surface area contributed by atoms with Gasteiger partial charge in [-0.2, -0.15) is 0 Å². The monoisotopic (exact) mass is 313 g/mol. The molecule has 1 aliphatic heterocycles. The van der Waals surface area contributed by atoms with E-state index in [2.05, 4.69) is 21.2 Å². The summed E-state index contributed by atoms with van der Waals surface area (Å²) < 4.78 is 11.5. The maximum absolute atomic E-state index is 12.1. The first-order valence-corrected chi connectivity index (χ1v) is 6.67. The third-order valence-corrected chi connectivity index (χ3v) is 3.63. The summed E-state index contributed by atoms with van der Waals surface area (Å²) in [6.07, 6.45) is 0.742. The van der Waals surface area contributed by atoms with E-state index in [0.29, 0.717) is 18.0 Å². The zero-order valence-corrected chi connectivity index (χ0v) is 12.0. The fourth-order valence-electron chi connectivity index (χ4n) is 2.08. The molecule has 1 amide bonds. The van der Waals surface area contributed by atoms with Crippen LogP contribution in [-0.4, -0.2) is 25.7 Å². The van der Waals surface area contributed by atoms with Gasteiger partial charge in [-0.25, -0.2) is 0 Å². The summed E-state index contributed by atoms with van der Waals surface area (Å²) >= 11 is 3.38. The molecular formula is C13H16BrNO3. The second-order valence-corrected chi connectivity index (χ2v) is 5.22. The SMILES string of the molecule is COc1ccc(Br)cc1NC(=O)C1CCOC1C. The molecular weight excluding hydrogens is 298 g/mol. The van der Waals surface area contributed by atoms with E-state index in [9.17, 15) is 4.79 Å². The summed E-state index contributed by atoms with van der Waals surface area (Å²) in [7, 11) is 1.58. The molecule has 5 heteroatoms. The van der Waals surface area contributed by atoms with Crippen LogP contribution < -0.4 is 10.1 Å². The van der Waals surface area contributed by atoms with E-state index >= 15 is 0 Å². The molecule has 2 rings (SSSR count). The van der Waals surface area contributed by atoms with E-state index in [-0.39, 0.29) is 17.9 Å². The van der Waals surface area contributed by atoms with Gasteiger partial charge in [0, 0.05) is 11.1 Å². The molecule has 1 aliphatic rings. The lowest BCUT2D eigenvalue weighted by molar-refractivity contribution is -0.121. The largest absolute Gasteiger partial charge is 0.495 e. The Morgan fingerprint density at radius 1 is 1.56 bits per heavy atom. The highest BCUT2D eigenvalue weighted by atomic mass is 79.9. The van der Waals surface area contributed by atoms with Gasteiger partial charge in [-0.05, 0) is 31.5 Å². The van der Waals surface area contributed by atoms with Crippen molar-refractivity contribution < 1.29 is 14.3 Å². The van der Waals surface area contributed by atoms with Gasteiger partial charge in [0.05, 0.1) is 24.8 Å². The Kier molecular flexibility index (Phi) is 4.24. The summed E-state index contributed by atoms with van der Waals surface area (Å²) in [6, 6.07) is 5.52. The minimum Gasteiger partial charge on any atom is -0.495 e. The first-order valence-electron chi connectivity index (χ1n) is 5.88. The Labute approximate surface area is 115 Å². The minimum atomic E-state index is -0.0892. The average molecular weight is 314 g/mol. The summed E-state index contributed by atoms with van der Waals surface area (Å²) in [5.74, 6) is 0.545. The van der Waals surface area contributed by atoms with Crippen LogP contribution >= 0.6 is 15.9 Å². The molecule has 1 saturated heterocycles. The van der Waals surface area contributed by atoms with Gasteiger partial charge in [-0.3, -0.25) is 4.79 Å². The van der Waals surface area contributed by atoms with Gasteiger partial charge in [0.2, 0.25) is 5.91 Å². The highest BCUT2D eigenvalue weighted by Gasteiger charge is 2.31. The van der Waals surface area contributed by atoms with Gasteiger partial charge in [0.15, 0.2) is 0 Å². The van der Waals surface area contributed by atoms with Gasteiger partial charge in [-0.15, -0.1) is 0 Å². The molecule has 1 fully saturated rings. The number of methoxy groups -OCH3 is 1. The first kappa shape index (κ1) is 13.4. The molecule has 0 spiro atoms. The quantitative estimate of drug-likeness (QED) is 0.933. The molecule has 1 heterocycles. The fraction of sp³-hybridized carbons (Fsp3) is 0.462. The minimum absolute atomic E-state index is 0.0172. The lowest BCUT2D eigenvalue weighted by atomic mass is 10.0. The number of ether oxygens (including phenoxy) is 2. The number of rotatable bonds is 3. The van der Waals surface area contributed by atoms with Crippen LogP contribution in [-0.2, 0) is 9.53 Å². The zero-order chi connectivity index (χ0) is 13.1. The predicted molar refractivity (Wildman–Crippen MR) is 72.8 cm³/mol. The number of benzene rings is 1. The summed E-state index contributed by atoms with van der Waals surface area (Å²) in [6.45, 7) is 2.57. The molecule has 0 bridgehead atoms. The van der Waals surface area contributed by atoms with Crippen molar-refractivity contribution in [3.63, 3.8) is 0 Å². The van der Waals surface area contributed by atoms with E-state index in [0.717, 1.165) is 10.9 Å². The number of carbonyl (C=O) groups excluding carboxylic acids is 1. The number of hydrogen-bond donors (Lipinski definition) is 1. The number of anilines is 1. The van der Waals surface area contributed by atoms with Crippen LogP contribution in [0.1, 0.15) is 13.3 Å². The van der Waals surface area contributed by atoms with Crippen LogP contribution in [0.3, 0.4) is 0 Å². The van der Waals surface area contributed by atoms with Crippen molar-refractivity contribution in [2.45, 2.75) is 19.4 Å². The maximum Gasteiger partial charge on any atom is 0.230 e. The van der Waals surface area contributed by atoms with Crippen molar-refractivity contribution in [1.82, 2.24) is 0 Å². The molecule has 1 N–H and O–H groups in total. The molecule has 0 aliphatic carbocycles. The first-order chi connectivity index (χ1) is 8.61. The molecule has 2 atom stereocenters. The molecule has 4 nitrogen and oxygen atoms in total. The smallest absolute Gasteiger partial charge is 0.230 e. The standard InChI is InChI=1S/C13H16BrNO3/c1-8-10(5-6-18-8)13(16)15-11-7-9(14)3-4-12(11)17-2/h3-4,7-8,10H,5-6H2,1-2H3,(H,15,16). The molecule has 1 aromatic carbocycles. The van der Waals surface area contributed by atoms with Crippen molar-refractivity contribution in [2.75, 3.05) is 19.0 Å². The van der Waals surface area contributed by atoms with Crippen molar-refractivity contribution in [3.05, 3.63) is 22.7 Å². The molecule has 0 saturated carbocycles. The Morgan fingerprint density at radius 3 is 2.94 bits per heavy atom. The Hall–Kier alpha value is -1.07. The molecule has 98 valence electrons. The summed E-state index contributed by atoms with van der Waals surface area (Å²) in [4.78, 5) is 12.1. The fourth-order valence-corrected chi connectivity index (χ4v) is 2.44. The molecule has 0 radical (unpaired) electrons. The Morgan fingerprint density at radius 2 is 2.33 bits per heavy atom. The molecule has 2 unspecified atom stereocenters. The van der Waals surface area contributed by atoms with E-state index in [1.54, 1.807) is 7.11 Å². The Balaban J connectivity index is 2.13. The van der Waals surface area contributed by atoms with E-state index < -0.39 is 0 Å². The highest BCUT2D eigenvalue weighted by molar-refractivity contribution is 9.10. The van der Waals surface area contributed by atoms with Crippen molar-refractivity contribution in [2.24, 2.45) is 5.92 Å². The van der Waals surface area contributed by atoms with E-state index in [1.807, 2.05) is 25.1 Å². The number of carbonyl (C=O) groups is 1. The zero-order valence-electron chi connectivity index (χ0n) is 10.4. The number of hydrogen-bond acceptors (Lipinski definition) is 3. The maximum atomic E-state index is 12.1. The van der Waals surface area contributed by atoms with Crippen LogP contribution in [0.5, 0.6) is 5.75 Å². The van der Waals surface area contributed by atoms with Crippen molar-refractivity contribution in [3.8, 4) is 5.75 Å². The second-order valence-electron chi connectivity index (χ2n) is 4.30. The van der Waals surface area contributed by atoms with Crippen LogP contribution in [0.4, 0.5) is 5.69 Å². The van der Waals surface area contributed by atoms with Crippen LogP contribution in [0.15, 0.2) is 22.7 Å². The van der Waals surface area contributed by atoms with E-state index in [1.165, 1.54) is 0 Å². The van der Waals surface area contributed by atoms with Gasteiger partial charge in [-0.1, -0.05) is 15.9 Å². The number of nitrogens with one attached hydrogen (secondary N) is 1. The third-order valence-electron chi connectivity index (χ3n) is 3.13. The molecule has 0 aromatic heterocycles. The lowest BCUT2D eigenvalue weighted by Crippen LogP contribution is -2.27. The van der Waals surface area contributed by atoms with Crippen LogP contribution in [0.2, 0.25) is 0 Å². The second kappa shape index (κ2) is 5.71. The predicted octanol–water partition coefficient (Wildman–Crippen LogP) is 2.82. The van der Waals surface area contributed by atoms with Crippen molar-refractivity contribution in [1.29, 1.82) is 0 Å². The third kappa shape index (κ3) is 2.84. The van der Waals surface area contributed by atoms with Crippen LogP contribution in [0, 0.1) is 5.92 Å². The molecule has 1 aromatic rings. The van der Waals surface area contributed by atoms with Crippen molar-refractivity contribution >= 4 is 27.5 Å². The number of halogens is 1. The lowest BCUT2D eigenvalue weighted by Gasteiger charge is -2.16. The average Bonchev–Trinajstić information content (AvgIpc) is 2.76. The summed E-state index contributed by atoms with van der Waals surface area (Å²) in [5.41, 5.74) is 0.677. The highest BCUT2D eigenvalue weighted by Crippen LogP contribution is 2.29. The number of amides is 1. The van der Waals surface area contributed by atoms with E-state index in [4.69, 9.17) is 9.47 Å². The Bertz CT molecular complexity index is 450. The molecule has 18 heavy (non-hydrogen) atoms. The van der Waals surface area contributed by atoms with Gasteiger partial charge < -0.3 is 14.8 Å².